The first-order valence-corrected chi connectivity index (χ1v) is 11.2. The van der Waals surface area contributed by atoms with Crippen molar-refractivity contribution in [1.82, 2.24) is 19.2 Å². The summed E-state index contributed by atoms with van der Waals surface area (Å²) in [5.74, 6) is 1.36. The summed E-state index contributed by atoms with van der Waals surface area (Å²) >= 11 is 6.06. The van der Waals surface area contributed by atoms with E-state index in [1.807, 2.05) is 54.0 Å². The molecule has 9 heteroatoms. The van der Waals surface area contributed by atoms with Crippen molar-refractivity contribution in [3.8, 4) is 11.5 Å². The second-order valence-electron chi connectivity index (χ2n) is 8.18. The average Bonchev–Trinajstić information content (AvgIpc) is 3.20. The Kier molecular flexibility index (Phi) is 5.91. The highest BCUT2D eigenvalue weighted by molar-refractivity contribution is 6.30. The van der Waals surface area contributed by atoms with E-state index in [1.165, 1.54) is 0 Å². The van der Waals surface area contributed by atoms with Crippen LogP contribution in [-0.4, -0.2) is 70.5 Å². The number of ether oxygens (including phenoxy) is 2. The number of amides is 1. The second kappa shape index (κ2) is 8.97. The van der Waals surface area contributed by atoms with E-state index in [0.29, 0.717) is 29.7 Å². The molecule has 2 aliphatic heterocycles. The first-order chi connectivity index (χ1) is 15.5. The largest absolute Gasteiger partial charge is 0.486 e. The zero-order chi connectivity index (χ0) is 22.1. The number of halogens is 1. The van der Waals surface area contributed by atoms with Gasteiger partial charge in [0.1, 0.15) is 18.9 Å². The number of pyridine rings is 1. The van der Waals surface area contributed by atoms with Gasteiger partial charge in [-0.05, 0) is 31.2 Å². The molecule has 0 aliphatic carbocycles. The number of imidazole rings is 1. The van der Waals surface area contributed by atoms with Gasteiger partial charge in [0.15, 0.2) is 11.5 Å². The number of nitrogens with one attached hydrogen (secondary N) is 1. The lowest BCUT2D eigenvalue weighted by Gasteiger charge is -2.37. The maximum absolute atomic E-state index is 12.8. The number of carbonyl (C=O) groups is 1. The average molecular weight is 456 g/mol. The first kappa shape index (κ1) is 21.1. The van der Waals surface area contributed by atoms with E-state index in [1.54, 1.807) is 0 Å². The Balaban J connectivity index is 1.14. The van der Waals surface area contributed by atoms with Gasteiger partial charge in [-0.25, -0.2) is 4.98 Å². The Hall–Kier alpha value is -2.81. The number of piperazine rings is 1. The van der Waals surface area contributed by atoms with Crippen LogP contribution >= 0.6 is 11.6 Å². The molecular weight excluding hydrogens is 430 g/mol. The topological polar surface area (TPSA) is 71.3 Å². The summed E-state index contributed by atoms with van der Waals surface area (Å²) in [5.41, 5.74) is 2.63. The van der Waals surface area contributed by atoms with E-state index in [-0.39, 0.29) is 11.9 Å². The molecule has 1 saturated heterocycles. The molecule has 5 rings (SSSR count). The van der Waals surface area contributed by atoms with Gasteiger partial charge < -0.3 is 19.2 Å². The van der Waals surface area contributed by atoms with Crippen LogP contribution < -0.4 is 14.8 Å². The third kappa shape index (κ3) is 4.53. The van der Waals surface area contributed by atoms with Crippen LogP contribution in [-0.2, 0) is 11.3 Å². The van der Waals surface area contributed by atoms with Gasteiger partial charge in [0, 0.05) is 56.9 Å². The number of hydrogen-bond acceptors (Lipinski definition) is 6. The lowest BCUT2D eigenvalue weighted by molar-refractivity contribution is -0.121. The van der Waals surface area contributed by atoms with E-state index < -0.39 is 0 Å². The molecular formula is C23H26ClN5O3. The van der Waals surface area contributed by atoms with E-state index in [9.17, 15) is 4.79 Å². The number of benzene rings is 1. The van der Waals surface area contributed by atoms with Crippen LogP contribution in [0.3, 0.4) is 0 Å². The van der Waals surface area contributed by atoms with E-state index in [2.05, 4.69) is 20.1 Å². The molecule has 1 N–H and O–H groups in total. The Morgan fingerprint density at radius 1 is 1.09 bits per heavy atom. The van der Waals surface area contributed by atoms with Gasteiger partial charge in [0.25, 0.3) is 0 Å². The third-order valence-electron chi connectivity index (χ3n) is 5.99. The predicted octanol–water partition coefficient (Wildman–Crippen LogP) is 2.90. The van der Waals surface area contributed by atoms with Crippen LogP contribution in [0, 0.1) is 0 Å². The maximum atomic E-state index is 12.8. The zero-order valence-electron chi connectivity index (χ0n) is 18.0. The molecule has 4 heterocycles. The lowest BCUT2D eigenvalue weighted by Crippen LogP contribution is -2.52. The van der Waals surface area contributed by atoms with Crippen LogP contribution in [0.2, 0.25) is 5.02 Å². The van der Waals surface area contributed by atoms with Crippen molar-refractivity contribution in [3.05, 3.63) is 53.4 Å². The number of nitrogens with zero attached hydrogens (tertiary/aromatic N) is 4. The molecule has 2 aromatic heterocycles. The fourth-order valence-electron chi connectivity index (χ4n) is 4.16. The fraction of sp³-hybridized carbons (Fsp3) is 0.391. The highest BCUT2D eigenvalue weighted by Gasteiger charge is 2.26. The zero-order valence-corrected chi connectivity index (χ0v) is 18.7. The molecule has 0 saturated carbocycles. The third-order valence-corrected chi connectivity index (χ3v) is 6.22. The minimum atomic E-state index is -0.220. The van der Waals surface area contributed by atoms with Crippen molar-refractivity contribution >= 4 is 28.8 Å². The number of carbonyl (C=O) groups excluding carboxylic acids is 1. The minimum absolute atomic E-state index is 0.0210. The van der Waals surface area contributed by atoms with Crippen LogP contribution in [0.5, 0.6) is 11.5 Å². The van der Waals surface area contributed by atoms with Gasteiger partial charge in [0.2, 0.25) is 5.91 Å². The summed E-state index contributed by atoms with van der Waals surface area (Å²) in [6, 6.07) is 9.05. The molecule has 1 fully saturated rings. The lowest BCUT2D eigenvalue weighted by atomic mass is 10.2. The molecule has 168 valence electrons. The van der Waals surface area contributed by atoms with Gasteiger partial charge in [-0.3, -0.25) is 14.6 Å². The molecule has 1 amide bonds. The molecule has 0 bridgehead atoms. The monoisotopic (exact) mass is 455 g/mol. The van der Waals surface area contributed by atoms with Crippen LogP contribution in [0.15, 0.2) is 42.7 Å². The number of anilines is 1. The molecule has 3 aromatic rings. The predicted molar refractivity (Wildman–Crippen MR) is 123 cm³/mol. The van der Waals surface area contributed by atoms with Gasteiger partial charge in [-0.15, -0.1) is 0 Å². The molecule has 0 spiro atoms. The number of fused-ring (bicyclic) bond motifs is 2. The van der Waals surface area contributed by atoms with Gasteiger partial charge >= 0.3 is 0 Å². The Bertz CT molecular complexity index is 1130. The summed E-state index contributed by atoms with van der Waals surface area (Å²) in [6.07, 6.45) is 3.89. The summed E-state index contributed by atoms with van der Waals surface area (Å²) in [7, 11) is 0. The second-order valence-corrected chi connectivity index (χ2v) is 8.62. The van der Waals surface area contributed by atoms with Crippen molar-refractivity contribution in [2.45, 2.75) is 19.5 Å². The summed E-state index contributed by atoms with van der Waals surface area (Å²) < 4.78 is 13.1. The molecule has 0 unspecified atom stereocenters. The summed E-state index contributed by atoms with van der Waals surface area (Å²) in [5, 5.41) is 3.70. The number of rotatable bonds is 5. The van der Waals surface area contributed by atoms with Crippen LogP contribution in [0.4, 0.5) is 5.69 Å². The number of hydrogen-bond donors (Lipinski definition) is 1. The standard InChI is InChI=1S/C23H26ClN5O3/c1-16(23(30)26-18-3-4-20-21(12-18)32-11-10-31-20)28-8-6-27(7-9-28)14-19-15-29-13-17(24)2-5-22(29)25-19/h2-5,12-13,15-16H,6-11,14H2,1H3,(H,26,30)/t16-/m1/s1. The van der Waals surface area contributed by atoms with Gasteiger partial charge in [0.05, 0.1) is 16.8 Å². The Morgan fingerprint density at radius 3 is 2.69 bits per heavy atom. The van der Waals surface area contributed by atoms with Crippen LogP contribution in [0.25, 0.3) is 5.65 Å². The Morgan fingerprint density at radius 2 is 1.88 bits per heavy atom. The van der Waals surface area contributed by atoms with Crippen molar-refractivity contribution in [2.75, 3.05) is 44.7 Å². The fourth-order valence-corrected chi connectivity index (χ4v) is 4.33. The highest BCUT2D eigenvalue weighted by Crippen LogP contribution is 2.32. The summed E-state index contributed by atoms with van der Waals surface area (Å²) in [6.45, 7) is 7.23. The molecule has 0 radical (unpaired) electrons. The SMILES string of the molecule is C[C@H](C(=O)Nc1ccc2c(c1)OCCO2)N1CCN(Cc2cn3cc(Cl)ccc3n2)CC1. The normalized spacial score (nSPS) is 17.9. The molecule has 1 atom stereocenters. The quantitative estimate of drug-likeness (QED) is 0.638. The Labute approximate surface area is 191 Å². The molecule has 32 heavy (non-hydrogen) atoms. The van der Waals surface area contributed by atoms with Crippen LogP contribution in [0.1, 0.15) is 12.6 Å². The molecule has 2 aliphatic rings. The molecule has 1 aromatic carbocycles. The molecule has 8 nitrogen and oxygen atoms in total. The van der Waals surface area contributed by atoms with Crippen molar-refractivity contribution in [1.29, 1.82) is 0 Å². The highest BCUT2D eigenvalue weighted by atomic mass is 35.5. The van der Waals surface area contributed by atoms with E-state index in [4.69, 9.17) is 21.1 Å². The summed E-state index contributed by atoms with van der Waals surface area (Å²) in [4.78, 5) is 22.1. The van der Waals surface area contributed by atoms with Crippen molar-refractivity contribution in [3.63, 3.8) is 0 Å². The maximum Gasteiger partial charge on any atom is 0.241 e. The first-order valence-electron chi connectivity index (χ1n) is 10.9. The van der Waals surface area contributed by atoms with Gasteiger partial charge in [-0.1, -0.05) is 11.6 Å². The number of aromatic nitrogens is 2. The smallest absolute Gasteiger partial charge is 0.241 e. The van der Waals surface area contributed by atoms with Crippen molar-refractivity contribution in [2.24, 2.45) is 0 Å². The van der Waals surface area contributed by atoms with Gasteiger partial charge in [-0.2, -0.15) is 0 Å². The van der Waals surface area contributed by atoms with Crippen molar-refractivity contribution < 1.29 is 14.3 Å². The van der Waals surface area contributed by atoms with E-state index >= 15 is 0 Å². The van der Waals surface area contributed by atoms with E-state index in [0.717, 1.165) is 49.8 Å². The minimum Gasteiger partial charge on any atom is -0.486 e.